The Morgan fingerprint density at radius 1 is 1.04 bits per heavy atom. The van der Waals surface area contributed by atoms with Crippen molar-refractivity contribution >= 4 is 16.9 Å². The molecular formula is C23H32N4O. The van der Waals surface area contributed by atoms with Crippen molar-refractivity contribution in [2.75, 3.05) is 11.4 Å². The number of benzene rings is 1. The van der Waals surface area contributed by atoms with Gasteiger partial charge >= 0.3 is 0 Å². The van der Waals surface area contributed by atoms with Gasteiger partial charge in [0.25, 0.3) is 0 Å². The maximum absolute atomic E-state index is 10.4. The largest absolute Gasteiger partial charge is 0.374 e. The first-order valence-electron chi connectivity index (χ1n) is 10.1. The Balaban J connectivity index is 2.29. The molecule has 0 aliphatic heterocycles. The van der Waals surface area contributed by atoms with E-state index in [4.69, 9.17) is 9.97 Å². The number of aromatic nitrogens is 3. The molecule has 150 valence electrons. The van der Waals surface area contributed by atoms with Crippen LogP contribution in [0.15, 0.2) is 18.3 Å². The van der Waals surface area contributed by atoms with Gasteiger partial charge in [0, 0.05) is 12.7 Å². The second-order valence-electron chi connectivity index (χ2n) is 7.90. The number of hydrogen-bond acceptors (Lipinski definition) is 4. The van der Waals surface area contributed by atoms with E-state index in [1.54, 1.807) is 6.92 Å². The normalized spacial score (nSPS) is 12.6. The molecule has 1 aromatic carbocycles. The minimum Gasteiger partial charge on any atom is -0.374 e. The van der Waals surface area contributed by atoms with Gasteiger partial charge in [-0.2, -0.15) is 0 Å². The molecule has 1 unspecified atom stereocenters. The van der Waals surface area contributed by atoms with Gasteiger partial charge in [-0.1, -0.05) is 31.0 Å². The number of aliphatic hydroxyl groups is 1. The zero-order valence-corrected chi connectivity index (χ0v) is 18.2. The standard InChI is InChI=1S/C23H32N4O/c1-8-9-10-26(19(7)28)22-20-17(5)13-27(23(20)25-18(6)24-22)21-15(3)11-14(2)12-16(21)4/h11-13,19,28H,8-10H2,1-7H3. The fourth-order valence-electron chi connectivity index (χ4n) is 4.12. The van der Waals surface area contributed by atoms with Crippen LogP contribution in [0.5, 0.6) is 0 Å². The molecule has 2 heterocycles. The third-order valence-electron chi connectivity index (χ3n) is 5.28. The highest BCUT2D eigenvalue weighted by Crippen LogP contribution is 2.33. The van der Waals surface area contributed by atoms with E-state index in [1.165, 1.54) is 22.4 Å². The van der Waals surface area contributed by atoms with Crippen LogP contribution in [0.1, 0.15) is 54.8 Å². The lowest BCUT2D eigenvalue weighted by molar-refractivity contribution is 0.187. The predicted molar refractivity (Wildman–Crippen MR) is 116 cm³/mol. The van der Waals surface area contributed by atoms with E-state index in [9.17, 15) is 5.11 Å². The molecule has 0 saturated carbocycles. The van der Waals surface area contributed by atoms with E-state index in [-0.39, 0.29) is 0 Å². The summed E-state index contributed by atoms with van der Waals surface area (Å²) in [5, 5.41) is 11.5. The Morgan fingerprint density at radius 3 is 2.25 bits per heavy atom. The van der Waals surface area contributed by atoms with Crippen LogP contribution >= 0.6 is 0 Å². The average molecular weight is 381 g/mol. The van der Waals surface area contributed by atoms with Crippen molar-refractivity contribution in [3.8, 4) is 5.69 Å². The first-order valence-corrected chi connectivity index (χ1v) is 10.1. The Bertz CT molecular complexity index is 980. The van der Waals surface area contributed by atoms with E-state index >= 15 is 0 Å². The molecule has 3 rings (SSSR count). The van der Waals surface area contributed by atoms with Crippen molar-refractivity contribution in [2.45, 2.75) is 67.5 Å². The molecular weight excluding hydrogens is 348 g/mol. The van der Waals surface area contributed by atoms with E-state index in [0.29, 0.717) is 5.82 Å². The fraction of sp³-hybridized carbons (Fsp3) is 0.478. The van der Waals surface area contributed by atoms with E-state index in [0.717, 1.165) is 41.8 Å². The number of hydrogen-bond donors (Lipinski definition) is 1. The van der Waals surface area contributed by atoms with Crippen molar-refractivity contribution in [3.63, 3.8) is 0 Å². The molecule has 0 saturated heterocycles. The van der Waals surface area contributed by atoms with Crippen LogP contribution in [0.3, 0.4) is 0 Å². The van der Waals surface area contributed by atoms with Crippen LogP contribution in [-0.4, -0.2) is 32.4 Å². The smallest absolute Gasteiger partial charge is 0.150 e. The molecule has 1 atom stereocenters. The second-order valence-corrected chi connectivity index (χ2v) is 7.90. The summed E-state index contributed by atoms with van der Waals surface area (Å²) in [7, 11) is 0. The predicted octanol–water partition coefficient (Wildman–Crippen LogP) is 4.91. The maximum Gasteiger partial charge on any atom is 0.150 e. The third-order valence-corrected chi connectivity index (χ3v) is 5.28. The highest BCUT2D eigenvalue weighted by atomic mass is 16.3. The molecule has 0 aliphatic rings. The topological polar surface area (TPSA) is 54.2 Å². The number of fused-ring (bicyclic) bond motifs is 1. The van der Waals surface area contributed by atoms with Crippen LogP contribution in [0.4, 0.5) is 5.82 Å². The summed E-state index contributed by atoms with van der Waals surface area (Å²) in [5.74, 6) is 1.54. The van der Waals surface area contributed by atoms with Crippen LogP contribution in [0.25, 0.3) is 16.7 Å². The lowest BCUT2D eigenvalue weighted by Gasteiger charge is -2.27. The lowest BCUT2D eigenvalue weighted by atomic mass is 10.1. The molecule has 28 heavy (non-hydrogen) atoms. The summed E-state index contributed by atoms with van der Waals surface area (Å²) < 4.78 is 2.19. The van der Waals surface area contributed by atoms with Gasteiger partial charge < -0.3 is 14.6 Å². The zero-order valence-electron chi connectivity index (χ0n) is 18.2. The van der Waals surface area contributed by atoms with Crippen molar-refractivity contribution in [3.05, 3.63) is 46.4 Å². The molecule has 0 fully saturated rings. The molecule has 0 spiro atoms. The SMILES string of the molecule is CCCCN(c1nc(C)nc2c1c(C)cn2-c1c(C)cc(C)cc1C)C(C)O. The Morgan fingerprint density at radius 2 is 1.68 bits per heavy atom. The summed E-state index contributed by atoms with van der Waals surface area (Å²) >= 11 is 0. The Hall–Kier alpha value is -2.40. The highest BCUT2D eigenvalue weighted by molar-refractivity contribution is 5.92. The minimum absolute atomic E-state index is 0.602. The molecule has 1 N–H and O–H groups in total. The Kier molecular flexibility index (Phi) is 5.75. The molecule has 2 aromatic heterocycles. The van der Waals surface area contributed by atoms with Gasteiger partial charge in [-0.15, -0.1) is 0 Å². The van der Waals surface area contributed by atoms with Gasteiger partial charge in [0.2, 0.25) is 0 Å². The zero-order chi connectivity index (χ0) is 20.6. The number of aliphatic hydroxyl groups excluding tert-OH is 1. The maximum atomic E-state index is 10.4. The number of rotatable bonds is 6. The summed E-state index contributed by atoms with van der Waals surface area (Å²) in [5.41, 5.74) is 6.91. The summed E-state index contributed by atoms with van der Waals surface area (Å²) in [6, 6.07) is 4.42. The molecule has 0 radical (unpaired) electrons. The van der Waals surface area contributed by atoms with Crippen molar-refractivity contribution in [1.82, 2.24) is 14.5 Å². The van der Waals surface area contributed by atoms with E-state index in [1.807, 2.05) is 11.8 Å². The van der Waals surface area contributed by atoms with E-state index < -0.39 is 6.23 Å². The van der Waals surface area contributed by atoms with Crippen LogP contribution in [0, 0.1) is 34.6 Å². The molecule has 5 heteroatoms. The van der Waals surface area contributed by atoms with Crippen LogP contribution in [0.2, 0.25) is 0 Å². The summed E-state index contributed by atoms with van der Waals surface area (Å²) in [6.45, 7) is 15.2. The van der Waals surface area contributed by atoms with Gasteiger partial charge in [0.15, 0.2) is 5.65 Å². The van der Waals surface area contributed by atoms with Gasteiger partial charge in [-0.05, 0) is 64.7 Å². The molecule has 0 bridgehead atoms. The molecule has 3 aromatic rings. The minimum atomic E-state index is -0.602. The van der Waals surface area contributed by atoms with Crippen LogP contribution in [-0.2, 0) is 0 Å². The number of nitrogens with zero attached hydrogens (tertiary/aromatic N) is 4. The molecule has 0 aliphatic carbocycles. The Labute approximate surface area is 168 Å². The van der Waals surface area contributed by atoms with Gasteiger partial charge in [0.1, 0.15) is 17.9 Å². The summed E-state index contributed by atoms with van der Waals surface area (Å²) in [4.78, 5) is 11.5. The van der Waals surface area contributed by atoms with Gasteiger partial charge in [-0.25, -0.2) is 9.97 Å². The highest BCUT2D eigenvalue weighted by Gasteiger charge is 2.22. The molecule has 5 nitrogen and oxygen atoms in total. The quantitative estimate of drug-likeness (QED) is 0.618. The average Bonchev–Trinajstić information content (AvgIpc) is 2.90. The number of aryl methyl sites for hydroxylation is 5. The second kappa shape index (κ2) is 7.92. The monoisotopic (exact) mass is 380 g/mol. The van der Waals surface area contributed by atoms with Crippen molar-refractivity contribution in [1.29, 1.82) is 0 Å². The lowest BCUT2D eigenvalue weighted by Crippen LogP contribution is -2.34. The van der Waals surface area contributed by atoms with Gasteiger partial charge in [0.05, 0.1) is 11.1 Å². The number of unbranched alkanes of at least 4 members (excludes halogenated alkanes) is 1. The summed E-state index contributed by atoms with van der Waals surface area (Å²) in [6.07, 6.45) is 3.62. The number of anilines is 1. The third kappa shape index (κ3) is 3.63. The van der Waals surface area contributed by atoms with E-state index in [2.05, 4.69) is 57.5 Å². The molecule has 0 amide bonds. The van der Waals surface area contributed by atoms with Crippen LogP contribution < -0.4 is 4.90 Å². The fourth-order valence-corrected chi connectivity index (χ4v) is 4.12. The van der Waals surface area contributed by atoms with Crippen molar-refractivity contribution in [2.24, 2.45) is 0 Å². The van der Waals surface area contributed by atoms with Gasteiger partial charge in [-0.3, -0.25) is 0 Å². The first-order chi connectivity index (χ1) is 13.2. The first kappa shape index (κ1) is 20.3. The van der Waals surface area contributed by atoms with Crippen molar-refractivity contribution < 1.29 is 5.11 Å².